The van der Waals surface area contributed by atoms with Crippen molar-refractivity contribution < 1.29 is 5.11 Å². The predicted octanol–water partition coefficient (Wildman–Crippen LogP) is 3.25. The fourth-order valence-corrected chi connectivity index (χ4v) is 2.01. The van der Waals surface area contributed by atoms with E-state index in [0.717, 1.165) is 6.54 Å². The van der Waals surface area contributed by atoms with Crippen LogP contribution >= 0.6 is 0 Å². The van der Waals surface area contributed by atoms with Crippen molar-refractivity contribution >= 4 is 0 Å². The summed E-state index contributed by atoms with van der Waals surface area (Å²) in [5.41, 5.74) is 4.18. The first-order valence-electron chi connectivity index (χ1n) is 6.59. The van der Waals surface area contributed by atoms with Crippen LogP contribution in [-0.4, -0.2) is 16.2 Å². The molecule has 0 unspecified atom stereocenters. The average Bonchev–Trinajstić information content (AvgIpc) is 2.13. The zero-order valence-corrected chi connectivity index (χ0v) is 12.8. The minimum Gasteiger partial charge on any atom is -0.389 e. The van der Waals surface area contributed by atoms with E-state index >= 15 is 0 Å². The van der Waals surface area contributed by atoms with E-state index in [1.54, 1.807) is 0 Å². The van der Waals surface area contributed by atoms with Crippen LogP contribution in [0.1, 0.15) is 49.9 Å². The summed E-state index contributed by atoms with van der Waals surface area (Å²) in [5, 5.41) is 13.6. The highest BCUT2D eigenvalue weighted by molar-refractivity contribution is 5.37. The van der Waals surface area contributed by atoms with Gasteiger partial charge >= 0.3 is 0 Å². The second kappa shape index (κ2) is 5.02. The molecule has 102 valence electrons. The summed E-state index contributed by atoms with van der Waals surface area (Å²) >= 11 is 0. The smallest absolute Gasteiger partial charge is 0.0767 e. The molecule has 0 radical (unpaired) electrons. The molecule has 0 atom stereocenters. The second-order valence-electron chi connectivity index (χ2n) is 6.41. The van der Waals surface area contributed by atoms with Gasteiger partial charge < -0.3 is 10.4 Å². The Labute approximate surface area is 111 Å². The van der Waals surface area contributed by atoms with Crippen LogP contribution in [0.3, 0.4) is 0 Å². The highest BCUT2D eigenvalue weighted by atomic mass is 16.3. The van der Waals surface area contributed by atoms with Gasteiger partial charge in [0.1, 0.15) is 0 Å². The molecule has 0 aliphatic rings. The molecule has 2 N–H and O–H groups in total. The van der Waals surface area contributed by atoms with Crippen molar-refractivity contribution in [1.29, 1.82) is 0 Å². The van der Waals surface area contributed by atoms with Crippen molar-refractivity contribution in [1.82, 2.24) is 5.32 Å². The first-order valence-corrected chi connectivity index (χ1v) is 6.59. The van der Waals surface area contributed by atoms with Gasteiger partial charge in [-0.1, -0.05) is 17.7 Å². The van der Waals surface area contributed by atoms with Crippen LogP contribution in [-0.2, 0) is 6.54 Å². The Bertz CT molecular complexity index is 404. The van der Waals surface area contributed by atoms with Gasteiger partial charge in [0.05, 0.1) is 5.60 Å². The van der Waals surface area contributed by atoms with Crippen LogP contribution in [0, 0.1) is 20.8 Å². The number of hydrogen-bond donors (Lipinski definition) is 2. The zero-order valence-electron chi connectivity index (χ0n) is 12.8. The largest absolute Gasteiger partial charge is 0.389 e. The summed E-state index contributed by atoms with van der Waals surface area (Å²) in [6.45, 7) is 15.0. The molecule has 0 saturated carbocycles. The average molecular weight is 249 g/mol. The zero-order chi connectivity index (χ0) is 14.1. The van der Waals surface area contributed by atoms with Gasteiger partial charge in [-0.15, -0.1) is 0 Å². The van der Waals surface area contributed by atoms with Gasteiger partial charge in [-0.2, -0.15) is 0 Å². The standard InChI is InChI=1S/C16H27NO/c1-11-8-12(2)14(13(3)9-11)10-17-15(4,5)16(6,7)18/h8-9,17-18H,10H2,1-7H3. The second-order valence-corrected chi connectivity index (χ2v) is 6.41. The van der Waals surface area contributed by atoms with Gasteiger partial charge in [0.25, 0.3) is 0 Å². The number of benzene rings is 1. The molecule has 18 heavy (non-hydrogen) atoms. The Kier molecular flexibility index (Phi) is 4.24. The van der Waals surface area contributed by atoms with E-state index in [1.165, 1.54) is 22.3 Å². The summed E-state index contributed by atoms with van der Waals surface area (Å²) in [4.78, 5) is 0. The van der Waals surface area contributed by atoms with E-state index in [-0.39, 0.29) is 5.54 Å². The van der Waals surface area contributed by atoms with E-state index < -0.39 is 5.60 Å². The maximum absolute atomic E-state index is 10.1. The maximum atomic E-state index is 10.1. The van der Waals surface area contributed by atoms with Crippen molar-refractivity contribution in [3.8, 4) is 0 Å². The third-order valence-electron chi connectivity index (χ3n) is 4.08. The Morgan fingerprint density at radius 2 is 1.44 bits per heavy atom. The van der Waals surface area contributed by atoms with Gasteiger partial charge in [-0.25, -0.2) is 0 Å². The molecular formula is C16H27NO. The van der Waals surface area contributed by atoms with Gasteiger partial charge in [0.15, 0.2) is 0 Å². The Morgan fingerprint density at radius 1 is 1.00 bits per heavy atom. The summed E-state index contributed by atoms with van der Waals surface area (Å²) in [7, 11) is 0. The van der Waals surface area contributed by atoms with Crippen LogP contribution in [0.4, 0.5) is 0 Å². The Morgan fingerprint density at radius 3 is 1.83 bits per heavy atom. The van der Waals surface area contributed by atoms with Crippen molar-refractivity contribution in [2.45, 2.75) is 66.2 Å². The van der Waals surface area contributed by atoms with Crippen LogP contribution in [0.2, 0.25) is 0 Å². The fourth-order valence-electron chi connectivity index (χ4n) is 2.01. The molecular weight excluding hydrogens is 222 g/mol. The van der Waals surface area contributed by atoms with Crippen LogP contribution in [0.5, 0.6) is 0 Å². The Balaban J connectivity index is 2.88. The SMILES string of the molecule is Cc1cc(C)c(CNC(C)(C)C(C)(C)O)c(C)c1. The highest BCUT2D eigenvalue weighted by Crippen LogP contribution is 2.23. The Hall–Kier alpha value is -0.860. The lowest BCUT2D eigenvalue weighted by Gasteiger charge is -2.38. The molecule has 0 heterocycles. The lowest BCUT2D eigenvalue weighted by molar-refractivity contribution is -0.00536. The van der Waals surface area contributed by atoms with E-state index in [4.69, 9.17) is 0 Å². The normalized spacial score (nSPS) is 12.9. The topological polar surface area (TPSA) is 32.3 Å². The van der Waals surface area contributed by atoms with Crippen LogP contribution in [0.25, 0.3) is 0 Å². The lowest BCUT2D eigenvalue weighted by atomic mass is 9.85. The summed E-state index contributed by atoms with van der Waals surface area (Å²) < 4.78 is 0. The molecule has 0 saturated heterocycles. The summed E-state index contributed by atoms with van der Waals surface area (Å²) in [6, 6.07) is 4.42. The van der Waals surface area contributed by atoms with Crippen molar-refractivity contribution in [2.24, 2.45) is 0 Å². The molecule has 1 aromatic carbocycles. The molecule has 0 aliphatic carbocycles. The van der Waals surface area contributed by atoms with Gasteiger partial charge in [0, 0.05) is 12.1 Å². The van der Waals surface area contributed by atoms with Crippen LogP contribution in [0.15, 0.2) is 12.1 Å². The molecule has 0 fully saturated rings. The molecule has 1 rings (SSSR count). The van der Waals surface area contributed by atoms with Gasteiger partial charge in [-0.3, -0.25) is 0 Å². The van der Waals surface area contributed by atoms with E-state index in [0.29, 0.717) is 0 Å². The summed E-state index contributed by atoms with van der Waals surface area (Å²) in [6.07, 6.45) is 0. The van der Waals surface area contributed by atoms with Crippen molar-refractivity contribution in [3.05, 3.63) is 34.4 Å². The third kappa shape index (κ3) is 3.33. The lowest BCUT2D eigenvalue weighted by Crippen LogP contribution is -2.55. The molecule has 0 aromatic heterocycles. The first-order chi connectivity index (χ1) is 8.04. The number of aliphatic hydroxyl groups is 1. The number of nitrogens with one attached hydrogen (secondary N) is 1. The molecule has 0 spiro atoms. The van der Waals surface area contributed by atoms with Gasteiger partial charge in [0.2, 0.25) is 0 Å². The number of rotatable bonds is 4. The van der Waals surface area contributed by atoms with E-state index in [2.05, 4.69) is 38.2 Å². The molecule has 0 bridgehead atoms. The molecule has 0 amide bonds. The van der Waals surface area contributed by atoms with E-state index in [9.17, 15) is 5.11 Å². The summed E-state index contributed by atoms with van der Waals surface area (Å²) in [5.74, 6) is 0. The monoisotopic (exact) mass is 249 g/mol. The fraction of sp³-hybridized carbons (Fsp3) is 0.625. The van der Waals surface area contributed by atoms with Crippen LogP contribution < -0.4 is 5.32 Å². The third-order valence-corrected chi connectivity index (χ3v) is 4.08. The predicted molar refractivity (Wildman–Crippen MR) is 77.9 cm³/mol. The maximum Gasteiger partial charge on any atom is 0.0767 e. The van der Waals surface area contributed by atoms with E-state index in [1.807, 2.05) is 27.7 Å². The molecule has 2 nitrogen and oxygen atoms in total. The van der Waals surface area contributed by atoms with Crippen molar-refractivity contribution in [2.75, 3.05) is 0 Å². The highest BCUT2D eigenvalue weighted by Gasteiger charge is 2.34. The molecule has 1 aromatic rings. The molecule has 2 heteroatoms. The minimum atomic E-state index is -0.750. The van der Waals surface area contributed by atoms with Crippen molar-refractivity contribution in [3.63, 3.8) is 0 Å². The molecule has 0 aliphatic heterocycles. The quantitative estimate of drug-likeness (QED) is 0.858. The first kappa shape index (κ1) is 15.2. The number of aryl methyl sites for hydroxylation is 3. The minimum absolute atomic E-state index is 0.323. The number of hydrogen-bond acceptors (Lipinski definition) is 2. The van der Waals surface area contributed by atoms with Gasteiger partial charge in [-0.05, 0) is 65.2 Å².